The van der Waals surface area contributed by atoms with Crippen molar-refractivity contribution in [1.29, 1.82) is 0 Å². The van der Waals surface area contributed by atoms with Crippen LogP contribution in [0.2, 0.25) is 0 Å². The number of carbonyl (C=O) groups is 3. The van der Waals surface area contributed by atoms with E-state index in [2.05, 4.69) is 15.7 Å². The Morgan fingerprint density at radius 2 is 1.78 bits per heavy atom. The van der Waals surface area contributed by atoms with Gasteiger partial charge in [0, 0.05) is 31.7 Å². The van der Waals surface area contributed by atoms with Crippen LogP contribution in [0.5, 0.6) is 0 Å². The maximum atomic E-state index is 12.7. The van der Waals surface area contributed by atoms with Crippen molar-refractivity contribution in [1.82, 2.24) is 10.2 Å². The van der Waals surface area contributed by atoms with Gasteiger partial charge in [0.05, 0.1) is 5.69 Å². The molecule has 2 heterocycles. The van der Waals surface area contributed by atoms with Crippen LogP contribution in [0.3, 0.4) is 0 Å². The fourth-order valence-electron chi connectivity index (χ4n) is 3.95. The lowest BCUT2D eigenvalue weighted by Gasteiger charge is -2.20. The standard InChI is InChI=1S/C24H27N5O3/c1-17(30)22-15-21(27-29(22)20-10-3-2-4-11-20)23(31)25-16-18-8-7-9-19(14-18)26-24(32)28-12-5-6-13-28/h2-4,7-11,14,22H,5-6,12-13,15-16H2,1H3,(H,25,31)(H,26,32). The fraction of sp³-hybridized carbons (Fsp3) is 0.333. The Morgan fingerprint density at radius 3 is 2.50 bits per heavy atom. The van der Waals surface area contributed by atoms with Crippen molar-refractivity contribution < 1.29 is 14.4 Å². The van der Waals surface area contributed by atoms with E-state index >= 15 is 0 Å². The maximum absolute atomic E-state index is 12.7. The molecule has 0 radical (unpaired) electrons. The molecule has 2 aromatic carbocycles. The first-order valence-electron chi connectivity index (χ1n) is 10.9. The number of likely N-dealkylation sites (tertiary alicyclic amines) is 1. The molecule has 8 nitrogen and oxygen atoms in total. The summed E-state index contributed by atoms with van der Waals surface area (Å²) in [6.45, 7) is 3.37. The first-order valence-corrected chi connectivity index (χ1v) is 10.9. The minimum absolute atomic E-state index is 0.0400. The fourth-order valence-corrected chi connectivity index (χ4v) is 3.95. The molecule has 0 aliphatic carbocycles. The van der Waals surface area contributed by atoms with E-state index in [4.69, 9.17) is 0 Å². The second-order valence-electron chi connectivity index (χ2n) is 8.06. The number of anilines is 2. The molecule has 0 saturated carbocycles. The van der Waals surface area contributed by atoms with Crippen LogP contribution >= 0.6 is 0 Å². The number of amides is 3. The van der Waals surface area contributed by atoms with Gasteiger partial charge in [-0.1, -0.05) is 30.3 Å². The average molecular weight is 434 g/mol. The quantitative estimate of drug-likeness (QED) is 0.732. The summed E-state index contributed by atoms with van der Waals surface area (Å²) >= 11 is 0. The first kappa shape index (κ1) is 21.5. The van der Waals surface area contributed by atoms with Crippen LogP contribution in [-0.4, -0.2) is 47.5 Å². The first-order chi connectivity index (χ1) is 15.5. The van der Waals surface area contributed by atoms with Gasteiger partial charge < -0.3 is 15.5 Å². The highest BCUT2D eigenvalue weighted by Crippen LogP contribution is 2.25. The minimum atomic E-state index is -0.484. The second kappa shape index (κ2) is 9.64. The van der Waals surface area contributed by atoms with Crippen LogP contribution in [0.25, 0.3) is 0 Å². The van der Waals surface area contributed by atoms with Gasteiger partial charge in [-0.25, -0.2) is 4.79 Å². The largest absolute Gasteiger partial charge is 0.347 e. The van der Waals surface area contributed by atoms with E-state index in [1.54, 1.807) is 9.91 Å². The number of para-hydroxylation sites is 1. The molecule has 166 valence electrons. The van der Waals surface area contributed by atoms with Crippen LogP contribution in [-0.2, 0) is 16.1 Å². The number of nitrogens with zero attached hydrogens (tertiary/aromatic N) is 3. The molecule has 1 atom stereocenters. The summed E-state index contributed by atoms with van der Waals surface area (Å²) in [4.78, 5) is 39.0. The van der Waals surface area contributed by atoms with Crippen molar-refractivity contribution in [2.24, 2.45) is 5.10 Å². The number of carbonyl (C=O) groups excluding carboxylic acids is 3. The molecule has 0 spiro atoms. The summed E-state index contributed by atoms with van der Waals surface area (Å²) in [5.41, 5.74) is 2.66. The number of ketones is 1. The second-order valence-corrected chi connectivity index (χ2v) is 8.06. The molecular weight excluding hydrogens is 406 g/mol. The SMILES string of the molecule is CC(=O)C1CC(C(=O)NCc2cccc(NC(=O)N3CCCC3)c2)=NN1c1ccccc1. The summed E-state index contributed by atoms with van der Waals surface area (Å²) in [5, 5.41) is 11.8. The lowest BCUT2D eigenvalue weighted by atomic mass is 10.1. The predicted octanol–water partition coefficient (Wildman–Crippen LogP) is 3.15. The van der Waals surface area contributed by atoms with E-state index in [0.29, 0.717) is 17.9 Å². The van der Waals surface area contributed by atoms with Gasteiger partial charge in [0.1, 0.15) is 11.8 Å². The topological polar surface area (TPSA) is 94.1 Å². The third-order valence-corrected chi connectivity index (χ3v) is 5.69. The van der Waals surface area contributed by atoms with Gasteiger partial charge in [-0.15, -0.1) is 0 Å². The Morgan fingerprint density at radius 1 is 1.03 bits per heavy atom. The summed E-state index contributed by atoms with van der Waals surface area (Å²) in [7, 11) is 0. The van der Waals surface area contributed by atoms with E-state index in [1.807, 2.05) is 54.6 Å². The molecule has 2 aromatic rings. The summed E-state index contributed by atoms with van der Waals surface area (Å²) < 4.78 is 0. The Bertz CT molecular complexity index is 1030. The Hall–Kier alpha value is -3.68. The van der Waals surface area contributed by atoms with Gasteiger partial charge in [0.15, 0.2) is 5.78 Å². The number of rotatable bonds is 6. The Labute approximate surface area is 187 Å². The monoisotopic (exact) mass is 433 g/mol. The van der Waals surface area contributed by atoms with Gasteiger partial charge >= 0.3 is 6.03 Å². The van der Waals surface area contributed by atoms with Crippen LogP contribution in [0.1, 0.15) is 31.7 Å². The molecule has 4 rings (SSSR count). The van der Waals surface area contributed by atoms with Crippen molar-refractivity contribution in [2.75, 3.05) is 23.4 Å². The van der Waals surface area contributed by atoms with Crippen LogP contribution in [0.4, 0.5) is 16.2 Å². The molecule has 1 fully saturated rings. The molecule has 3 amide bonds. The highest BCUT2D eigenvalue weighted by molar-refractivity contribution is 6.40. The molecule has 32 heavy (non-hydrogen) atoms. The van der Waals surface area contributed by atoms with Crippen molar-refractivity contribution >= 4 is 34.8 Å². The van der Waals surface area contributed by atoms with Gasteiger partial charge in [-0.2, -0.15) is 5.10 Å². The van der Waals surface area contributed by atoms with Crippen molar-refractivity contribution in [3.63, 3.8) is 0 Å². The Balaban J connectivity index is 1.38. The van der Waals surface area contributed by atoms with Crippen LogP contribution in [0, 0.1) is 0 Å². The number of hydrazone groups is 1. The normalized spacial score (nSPS) is 17.8. The number of Topliss-reactive ketones (excluding diaryl/α,β-unsaturated/α-hetero) is 1. The van der Waals surface area contributed by atoms with Gasteiger partial charge in [0.2, 0.25) is 0 Å². The summed E-state index contributed by atoms with van der Waals surface area (Å²) in [6, 6.07) is 16.2. The third kappa shape index (κ3) is 4.96. The van der Waals surface area contributed by atoms with Crippen LogP contribution < -0.4 is 15.6 Å². The van der Waals surface area contributed by atoms with Gasteiger partial charge in [0.25, 0.3) is 5.91 Å². The molecular formula is C24H27N5O3. The molecule has 1 unspecified atom stereocenters. The zero-order chi connectivity index (χ0) is 22.5. The number of nitrogens with one attached hydrogen (secondary N) is 2. The molecule has 2 aliphatic heterocycles. The van der Waals surface area contributed by atoms with Crippen molar-refractivity contribution in [2.45, 2.75) is 38.8 Å². The zero-order valence-corrected chi connectivity index (χ0v) is 18.1. The molecule has 0 aromatic heterocycles. The zero-order valence-electron chi connectivity index (χ0n) is 18.1. The molecule has 0 bridgehead atoms. The highest BCUT2D eigenvalue weighted by atomic mass is 16.2. The van der Waals surface area contributed by atoms with E-state index in [9.17, 15) is 14.4 Å². The van der Waals surface area contributed by atoms with Gasteiger partial charge in [-0.05, 0) is 49.6 Å². The third-order valence-electron chi connectivity index (χ3n) is 5.69. The number of hydrogen-bond acceptors (Lipinski definition) is 5. The van der Waals surface area contributed by atoms with Crippen LogP contribution in [0.15, 0.2) is 59.7 Å². The van der Waals surface area contributed by atoms with E-state index in [1.165, 1.54) is 6.92 Å². The number of urea groups is 1. The smallest absolute Gasteiger partial charge is 0.321 e. The molecule has 8 heteroatoms. The lowest BCUT2D eigenvalue weighted by molar-refractivity contribution is -0.118. The summed E-state index contributed by atoms with van der Waals surface area (Å²) in [5.74, 6) is -0.344. The van der Waals surface area contributed by atoms with Crippen molar-refractivity contribution in [3.05, 3.63) is 60.2 Å². The highest BCUT2D eigenvalue weighted by Gasteiger charge is 2.34. The minimum Gasteiger partial charge on any atom is -0.347 e. The van der Waals surface area contributed by atoms with Crippen molar-refractivity contribution in [3.8, 4) is 0 Å². The lowest BCUT2D eigenvalue weighted by Crippen LogP contribution is -2.34. The van der Waals surface area contributed by atoms with E-state index in [0.717, 1.165) is 37.2 Å². The van der Waals surface area contributed by atoms with E-state index in [-0.39, 0.29) is 24.1 Å². The Kier molecular flexibility index (Phi) is 6.49. The average Bonchev–Trinajstić information content (AvgIpc) is 3.49. The summed E-state index contributed by atoms with van der Waals surface area (Å²) in [6.07, 6.45) is 2.34. The van der Waals surface area contributed by atoms with Gasteiger partial charge in [-0.3, -0.25) is 14.6 Å². The number of hydrogen-bond donors (Lipinski definition) is 2. The molecule has 2 N–H and O–H groups in total. The predicted molar refractivity (Wildman–Crippen MR) is 124 cm³/mol. The molecule has 1 saturated heterocycles. The van der Waals surface area contributed by atoms with E-state index < -0.39 is 6.04 Å². The maximum Gasteiger partial charge on any atom is 0.321 e. The molecule has 2 aliphatic rings. The number of benzene rings is 2.